The first-order valence-electron chi connectivity index (χ1n) is 6.92. The van der Waals surface area contributed by atoms with E-state index in [1.54, 1.807) is 0 Å². The van der Waals surface area contributed by atoms with Gasteiger partial charge in [0, 0.05) is 25.2 Å². The standard InChI is InChI=1S/C13H22N2O2.ClH/c1-9(10-2-3-10)15(11-4-5-11)13(16)12-8-14-6-7-17-12;/h9-12,14H,2-8H2,1H3;1H. The highest BCUT2D eigenvalue weighted by Gasteiger charge is 2.43. The van der Waals surface area contributed by atoms with Gasteiger partial charge in [-0.15, -0.1) is 12.4 Å². The van der Waals surface area contributed by atoms with Gasteiger partial charge in [-0.2, -0.15) is 0 Å². The van der Waals surface area contributed by atoms with E-state index in [0.717, 1.165) is 12.5 Å². The number of amides is 1. The topological polar surface area (TPSA) is 41.6 Å². The highest BCUT2D eigenvalue weighted by atomic mass is 35.5. The van der Waals surface area contributed by atoms with Crippen LogP contribution in [0.1, 0.15) is 32.6 Å². The maximum atomic E-state index is 12.5. The molecule has 0 aromatic rings. The molecule has 2 aliphatic carbocycles. The van der Waals surface area contributed by atoms with Gasteiger partial charge < -0.3 is 15.0 Å². The number of nitrogens with one attached hydrogen (secondary N) is 1. The fraction of sp³-hybridized carbons (Fsp3) is 0.923. The number of halogens is 1. The molecule has 104 valence electrons. The lowest BCUT2D eigenvalue weighted by atomic mass is 10.1. The van der Waals surface area contributed by atoms with Crippen molar-refractivity contribution in [3.05, 3.63) is 0 Å². The zero-order valence-electron chi connectivity index (χ0n) is 10.9. The summed E-state index contributed by atoms with van der Waals surface area (Å²) in [6, 6.07) is 0.921. The van der Waals surface area contributed by atoms with Crippen molar-refractivity contribution in [2.24, 2.45) is 5.92 Å². The molecule has 1 aliphatic heterocycles. The summed E-state index contributed by atoms with van der Waals surface area (Å²) < 4.78 is 5.60. The van der Waals surface area contributed by atoms with Crippen LogP contribution in [0.2, 0.25) is 0 Å². The number of ether oxygens (including phenoxy) is 1. The minimum Gasteiger partial charge on any atom is -0.366 e. The Morgan fingerprint density at radius 3 is 2.56 bits per heavy atom. The van der Waals surface area contributed by atoms with E-state index in [9.17, 15) is 4.79 Å². The number of rotatable bonds is 4. The second-order valence-corrected chi connectivity index (χ2v) is 5.62. The number of hydrogen-bond donors (Lipinski definition) is 1. The van der Waals surface area contributed by atoms with Crippen LogP contribution in [0, 0.1) is 5.92 Å². The molecule has 1 saturated heterocycles. The molecule has 0 aromatic carbocycles. The largest absolute Gasteiger partial charge is 0.366 e. The molecule has 3 rings (SSSR count). The summed E-state index contributed by atoms with van der Waals surface area (Å²) in [4.78, 5) is 14.6. The van der Waals surface area contributed by atoms with Crippen LogP contribution < -0.4 is 5.32 Å². The van der Waals surface area contributed by atoms with Gasteiger partial charge in [0.2, 0.25) is 0 Å². The van der Waals surface area contributed by atoms with Gasteiger partial charge in [0.25, 0.3) is 5.91 Å². The molecule has 0 spiro atoms. The van der Waals surface area contributed by atoms with Crippen LogP contribution in [-0.4, -0.2) is 48.7 Å². The summed E-state index contributed by atoms with van der Waals surface area (Å²) >= 11 is 0. The molecule has 0 aromatic heterocycles. The molecule has 0 radical (unpaired) electrons. The number of carbonyl (C=O) groups excluding carboxylic acids is 1. The minimum atomic E-state index is -0.245. The van der Waals surface area contributed by atoms with Gasteiger partial charge in [0.05, 0.1) is 6.61 Å². The van der Waals surface area contributed by atoms with E-state index in [4.69, 9.17) is 4.74 Å². The smallest absolute Gasteiger partial charge is 0.253 e. The van der Waals surface area contributed by atoms with Gasteiger partial charge in [-0.3, -0.25) is 4.79 Å². The lowest BCUT2D eigenvalue weighted by molar-refractivity contribution is -0.148. The van der Waals surface area contributed by atoms with Crippen molar-refractivity contribution in [3.63, 3.8) is 0 Å². The van der Waals surface area contributed by atoms with Crippen LogP contribution in [0.3, 0.4) is 0 Å². The van der Waals surface area contributed by atoms with E-state index in [-0.39, 0.29) is 24.4 Å². The van der Waals surface area contributed by atoms with Crippen molar-refractivity contribution in [2.75, 3.05) is 19.7 Å². The third kappa shape index (κ3) is 2.98. The van der Waals surface area contributed by atoms with Crippen molar-refractivity contribution in [3.8, 4) is 0 Å². The number of hydrogen-bond acceptors (Lipinski definition) is 3. The molecule has 5 heteroatoms. The van der Waals surface area contributed by atoms with Crippen LogP contribution in [0.25, 0.3) is 0 Å². The van der Waals surface area contributed by atoms with E-state index >= 15 is 0 Å². The first-order valence-corrected chi connectivity index (χ1v) is 6.92. The van der Waals surface area contributed by atoms with Crippen LogP contribution >= 0.6 is 12.4 Å². The molecule has 2 unspecified atom stereocenters. The number of nitrogens with zero attached hydrogens (tertiary/aromatic N) is 1. The Labute approximate surface area is 115 Å². The summed E-state index contributed by atoms with van der Waals surface area (Å²) in [5, 5.41) is 3.24. The van der Waals surface area contributed by atoms with Crippen molar-refractivity contribution < 1.29 is 9.53 Å². The Kier molecular flexibility index (Phi) is 4.51. The Bertz CT molecular complexity index is 299. The van der Waals surface area contributed by atoms with E-state index in [1.165, 1.54) is 25.7 Å². The zero-order chi connectivity index (χ0) is 11.8. The molecular weight excluding hydrogens is 252 g/mol. The molecular formula is C13H23ClN2O2. The molecule has 1 heterocycles. The second-order valence-electron chi connectivity index (χ2n) is 5.62. The highest BCUT2D eigenvalue weighted by Crippen LogP contribution is 2.40. The first kappa shape index (κ1) is 14.1. The normalized spacial score (nSPS) is 29.3. The van der Waals surface area contributed by atoms with Crippen LogP contribution in [0.15, 0.2) is 0 Å². The van der Waals surface area contributed by atoms with Gasteiger partial charge in [-0.05, 0) is 38.5 Å². The van der Waals surface area contributed by atoms with Gasteiger partial charge in [-0.1, -0.05) is 0 Å². The van der Waals surface area contributed by atoms with Crippen molar-refractivity contribution >= 4 is 18.3 Å². The van der Waals surface area contributed by atoms with E-state index in [0.29, 0.717) is 25.2 Å². The predicted octanol–water partition coefficient (Wildman–Crippen LogP) is 1.19. The second kappa shape index (κ2) is 5.76. The van der Waals surface area contributed by atoms with Gasteiger partial charge in [0.15, 0.2) is 0 Å². The monoisotopic (exact) mass is 274 g/mol. The SMILES string of the molecule is CC(C1CC1)N(C(=O)C1CNCCO1)C1CC1.Cl. The van der Waals surface area contributed by atoms with E-state index in [1.807, 2.05) is 0 Å². The predicted molar refractivity (Wildman–Crippen MR) is 71.9 cm³/mol. The maximum absolute atomic E-state index is 12.5. The summed E-state index contributed by atoms with van der Waals surface area (Å²) in [5.74, 6) is 0.968. The Morgan fingerprint density at radius 2 is 2.06 bits per heavy atom. The molecule has 1 N–H and O–H groups in total. The van der Waals surface area contributed by atoms with Crippen LogP contribution in [0.5, 0.6) is 0 Å². The van der Waals surface area contributed by atoms with Gasteiger partial charge >= 0.3 is 0 Å². The van der Waals surface area contributed by atoms with Crippen LogP contribution in [-0.2, 0) is 9.53 Å². The van der Waals surface area contributed by atoms with Crippen LogP contribution in [0.4, 0.5) is 0 Å². The summed E-state index contributed by atoms with van der Waals surface area (Å²) in [6.07, 6.45) is 4.71. The molecule has 2 atom stereocenters. The quantitative estimate of drug-likeness (QED) is 0.837. The summed E-state index contributed by atoms with van der Waals surface area (Å²) in [7, 11) is 0. The average Bonchev–Trinajstić information content (AvgIpc) is 3.21. The summed E-state index contributed by atoms with van der Waals surface area (Å²) in [6.45, 7) is 4.42. The summed E-state index contributed by atoms with van der Waals surface area (Å²) in [5.41, 5.74) is 0. The Hall–Kier alpha value is -0.320. The third-order valence-electron chi connectivity index (χ3n) is 4.14. The maximum Gasteiger partial charge on any atom is 0.253 e. The molecule has 3 fully saturated rings. The average molecular weight is 275 g/mol. The molecule has 1 amide bonds. The van der Waals surface area contributed by atoms with E-state index in [2.05, 4.69) is 17.1 Å². The molecule has 4 nitrogen and oxygen atoms in total. The molecule has 2 saturated carbocycles. The minimum absolute atomic E-state index is 0. The Morgan fingerprint density at radius 1 is 1.33 bits per heavy atom. The lowest BCUT2D eigenvalue weighted by Gasteiger charge is -2.34. The fourth-order valence-corrected chi connectivity index (χ4v) is 2.76. The van der Waals surface area contributed by atoms with Crippen molar-refractivity contribution in [1.29, 1.82) is 0 Å². The fourth-order valence-electron chi connectivity index (χ4n) is 2.76. The van der Waals surface area contributed by atoms with Gasteiger partial charge in [-0.25, -0.2) is 0 Å². The lowest BCUT2D eigenvalue weighted by Crippen LogP contribution is -2.53. The molecule has 18 heavy (non-hydrogen) atoms. The van der Waals surface area contributed by atoms with E-state index < -0.39 is 0 Å². The van der Waals surface area contributed by atoms with Crippen molar-refractivity contribution in [2.45, 2.75) is 50.8 Å². The zero-order valence-corrected chi connectivity index (χ0v) is 11.7. The third-order valence-corrected chi connectivity index (χ3v) is 4.14. The molecule has 0 bridgehead atoms. The highest BCUT2D eigenvalue weighted by molar-refractivity contribution is 5.85. The molecule has 3 aliphatic rings. The number of morpholine rings is 1. The number of carbonyl (C=O) groups is 1. The first-order chi connectivity index (χ1) is 8.27. The Balaban J connectivity index is 0.00000120. The van der Waals surface area contributed by atoms with Crippen molar-refractivity contribution in [1.82, 2.24) is 10.2 Å². The van der Waals surface area contributed by atoms with Gasteiger partial charge in [0.1, 0.15) is 6.10 Å².